The zero-order chi connectivity index (χ0) is 17.9. The lowest BCUT2D eigenvalue weighted by Crippen LogP contribution is -2.23. The molecule has 0 spiro atoms. The van der Waals surface area contributed by atoms with E-state index < -0.39 is 0 Å². The van der Waals surface area contributed by atoms with Gasteiger partial charge in [-0.2, -0.15) is 0 Å². The quantitative estimate of drug-likeness (QED) is 0.544. The molecule has 0 saturated heterocycles. The molecule has 5 heteroatoms. The van der Waals surface area contributed by atoms with Crippen molar-refractivity contribution in [2.24, 2.45) is 0 Å². The number of hydrogen-bond donors (Lipinski definition) is 2. The topological polar surface area (TPSA) is 67.4 Å². The molecule has 0 unspecified atom stereocenters. The van der Waals surface area contributed by atoms with Crippen molar-refractivity contribution < 1.29 is 14.3 Å². The zero-order valence-electron chi connectivity index (χ0n) is 14.5. The molecule has 0 heterocycles. The molecule has 0 aromatic heterocycles. The van der Waals surface area contributed by atoms with Crippen molar-refractivity contribution >= 4 is 17.6 Å². The fraction of sp³-hybridized carbons (Fsp3) is 0.300. The van der Waals surface area contributed by atoms with Gasteiger partial charge in [-0.25, -0.2) is 4.79 Å². The van der Waals surface area contributed by atoms with Crippen LogP contribution in [-0.4, -0.2) is 31.6 Å². The molecule has 25 heavy (non-hydrogen) atoms. The van der Waals surface area contributed by atoms with Crippen molar-refractivity contribution in [3.63, 3.8) is 0 Å². The Bertz CT molecular complexity index is 669. The van der Waals surface area contributed by atoms with Crippen LogP contribution >= 0.6 is 0 Å². The first-order valence-corrected chi connectivity index (χ1v) is 8.50. The highest BCUT2D eigenvalue weighted by Gasteiger charge is 2.07. The van der Waals surface area contributed by atoms with Gasteiger partial charge in [0.2, 0.25) is 5.91 Å². The van der Waals surface area contributed by atoms with Crippen LogP contribution in [0.2, 0.25) is 0 Å². The smallest absolute Gasteiger partial charge is 0.338 e. The molecule has 2 N–H and O–H groups in total. The Kier molecular flexibility index (Phi) is 7.66. The van der Waals surface area contributed by atoms with Crippen LogP contribution in [0, 0.1) is 0 Å². The van der Waals surface area contributed by atoms with Crippen LogP contribution in [0.5, 0.6) is 0 Å². The SMILES string of the molecule is CCOC(=O)c1ccc(NC(=O)CCNCCc2ccccc2)cc1. The third kappa shape index (κ3) is 6.77. The highest BCUT2D eigenvalue weighted by molar-refractivity contribution is 5.93. The first-order chi connectivity index (χ1) is 12.2. The third-order valence-electron chi connectivity index (χ3n) is 3.64. The largest absolute Gasteiger partial charge is 0.462 e. The molecule has 0 aliphatic heterocycles. The number of hydrogen-bond acceptors (Lipinski definition) is 4. The van der Waals surface area contributed by atoms with Crippen LogP contribution in [-0.2, 0) is 16.0 Å². The predicted octanol–water partition coefficient (Wildman–Crippen LogP) is 3.02. The van der Waals surface area contributed by atoms with Crippen molar-refractivity contribution in [1.29, 1.82) is 0 Å². The minimum atomic E-state index is -0.358. The minimum absolute atomic E-state index is 0.0592. The van der Waals surface area contributed by atoms with Crippen molar-refractivity contribution in [2.45, 2.75) is 19.8 Å². The number of carbonyl (C=O) groups excluding carboxylic acids is 2. The third-order valence-corrected chi connectivity index (χ3v) is 3.64. The molecule has 0 saturated carbocycles. The summed E-state index contributed by atoms with van der Waals surface area (Å²) in [5, 5.41) is 6.08. The second kappa shape index (κ2) is 10.3. The number of amides is 1. The van der Waals surface area contributed by atoms with Crippen LogP contribution in [0.1, 0.15) is 29.3 Å². The normalized spacial score (nSPS) is 10.3. The number of esters is 1. The standard InChI is InChI=1S/C20H24N2O3/c1-2-25-20(24)17-8-10-18(11-9-17)22-19(23)13-15-21-14-12-16-6-4-3-5-7-16/h3-11,21H,2,12-15H2,1H3,(H,22,23). The molecular formula is C20H24N2O3. The van der Waals surface area contributed by atoms with Crippen LogP contribution in [0.4, 0.5) is 5.69 Å². The molecule has 2 aromatic carbocycles. The van der Waals surface area contributed by atoms with E-state index >= 15 is 0 Å². The lowest BCUT2D eigenvalue weighted by Gasteiger charge is -2.07. The van der Waals surface area contributed by atoms with Gasteiger partial charge in [0.05, 0.1) is 12.2 Å². The molecule has 0 radical (unpaired) electrons. The van der Waals surface area contributed by atoms with Gasteiger partial charge in [-0.1, -0.05) is 30.3 Å². The molecular weight excluding hydrogens is 316 g/mol. The van der Waals surface area contributed by atoms with E-state index in [0.29, 0.717) is 30.8 Å². The Labute approximate surface area is 148 Å². The number of nitrogens with one attached hydrogen (secondary N) is 2. The van der Waals surface area contributed by atoms with E-state index in [0.717, 1.165) is 13.0 Å². The van der Waals surface area contributed by atoms with Crippen LogP contribution in [0.3, 0.4) is 0 Å². The molecule has 1 amide bonds. The van der Waals surface area contributed by atoms with Crippen LogP contribution < -0.4 is 10.6 Å². The Morgan fingerprint density at radius 2 is 1.68 bits per heavy atom. The average molecular weight is 340 g/mol. The second-order valence-electron chi connectivity index (χ2n) is 5.58. The Morgan fingerprint density at radius 3 is 2.36 bits per heavy atom. The fourth-order valence-corrected chi connectivity index (χ4v) is 2.33. The van der Waals surface area contributed by atoms with Gasteiger partial charge in [0, 0.05) is 18.7 Å². The van der Waals surface area contributed by atoms with Gasteiger partial charge in [-0.05, 0) is 49.7 Å². The summed E-state index contributed by atoms with van der Waals surface area (Å²) in [7, 11) is 0. The summed E-state index contributed by atoms with van der Waals surface area (Å²) in [6, 6.07) is 16.9. The maximum Gasteiger partial charge on any atom is 0.338 e. The summed E-state index contributed by atoms with van der Waals surface area (Å²) < 4.78 is 4.92. The van der Waals surface area contributed by atoms with E-state index in [1.165, 1.54) is 5.56 Å². The van der Waals surface area contributed by atoms with E-state index in [4.69, 9.17) is 4.74 Å². The van der Waals surface area contributed by atoms with Gasteiger partial charge in [-0.3, -0.25) is 4.79 Å². The van der Waals surface area contributed by atoms with Gasteiger partial charge in [-0.15, -0.1) is 0 Å². The molecule has 0 bridgehead atoms. The van der Waals surface area contributed by atoms with Crippen molar-refractivity contribution in [1.82, 2.24) is 5.32 Å². The molecule has 132 valence electrons. The van der Waals surface area contributed by atoms with Gasteiger partial charge in [0.25, 0.3) is 0 Å². The summed E-state index contributed by atoms with van der Waals surface area (Å²) in [5.74, 6) is -0.418. The second-order valence-corrected chi connectivity index (χ2v) is 5.58. The lowest BCUT2D eigenvalue weighted by atomic mass is 10.1. The van der Waals surface area contributed by atoms with E-state index in [2.05, 4.69) is 22.8 Å². The maximum absolute atomic E-state index is 11.9. The Morgan fingerprint density at radius 1 is 0.960 bits per heavy atom. The number of carbonyl (C=O) groups is 2. The fourth-order valence-electron chi connectivity index (χ4n) is 2.33. The lowest BCUT2D eigenvalue weighted by molar-refractivity contribution is -0.116. The number of anilines is 1. The monoisotopic (exact) mass is 340 g/mol. The highest BCUT2D eigenvalue weighted by atomic mass is 16.5. The molecule has 5 nitrogen and oxygen atoms in total. The van der Waals surface area contributed by atoms with Gasteiger partial charge < -0.3 is 15.4 Å². The summed E-state index contributed by atoms with van der Waals surface area (Å²) in [6.07, 6.45) is 1.34. The van der Waals surface area contributed by atoms with Gasteiger partial charge in [0.15, 0.2) is 0 Å². The number of benzene rings is 2. The van der Waals surface area contributed by atoms with E-state index in [-0.39, 0.29) is 11.9 Å². The highest BCUT2D eigenvalue weighted by Crippen LogP contribution is 2.11. The van der Waals surface area contributed by atoms with Crippen molar-refractivity contribution in [3.05, 3.63) is 65.7 Å². The Balaban J connectivity index is 1.65. The first kappa shape index (κ1) is 18.7. The van der Waals surface area contributed by atoms with Crippen LogP contribution in [0.15, 0.2) is 54.6 Å². The predicted molar refractivity (Wildman–Crippen MR) is 98.7 cm³/mol. The molecule has 0 fully saturated rings. The number of ether oxygens (including phenoxy) is 1. The zero-order valence-corrected chi connectivity index (χ0v) is 14.5. The molecule has 0 atom stereocenters. The molecule has 2 rings (SSSR count). The van der Waals surface area contributed by atoms with Crippen molar-refractivity contribution in [3.8, 4) is 0 Å². The summed E-state index contributed by atoms with van der Waals surface area (Å²) in [4.78, 5) is 23.5. The average Bonchev–Trinajstić information content (AvgIpc) is 2.63. The minimum Gasteiger partial charge on any atom is -0.462 e. The van der Waals surface area contributed by atoms with E-state index in [1.54, 1.807) is 31.2 Å². The summed E-state index contributed by atoms with van der Waals surface area (Å²) in [6.45, 7) is 3.57. The molecule has 0 aliphatic rings. The van der Waals surface area contributed by atoms with E-state index in [9.17, 15) is 9.59 Å². The van der Waals surface area contributed by atoms with Crippen LogP contribution in [0.25, 0.3) is 0 Å². The maximum atomic E-state index is 11.9. The Hall–Kier alpha value is -2.66. The van der Waals surface area contributed by atoms with Gasteiger partial charge >= 0.3 is 5.97 Å². The number of rotatable bonds is 9. The first-order valence-electron chi connectivity index (χ1n) is 8.50. The summed E-state index contributed by atoms with van der Waals surface area (Å²) in [5.41, 5.74) is 2.42. The summed E-state index contributed by atoms with van der Waals surface area (Å²) >= 11 is 0. The van der Waals surface area contributed by atoms with Gasteiger partial charge in [0.1, 0.15) is 0 Å². The molecule has 0 aliphatic carbocycles. The van der Waals surface area contributed by atoms with E-state index in [1.807, 2.05) is 18.2 Å². The van der Waals surface area contributed by atoms with Crippen molar-refractivity contribution in [2.75, 3.05) is 25.0 Å². The molecule has 2 aromatic rings.